The Morgan fingerprint density at radius 3 is 1.35 bits per heavy atom. The Bertz CT molecular complexity index is 2460. The van der Waals surface area contributed by atoms with Crippen LogP contribution in [-0.4, -0.2) is 39.1 Å². The van der Waals surface area contributed by atoms with Crippen LogP contribution < -0.4 is 5.32 Å². The number of hydrogen-bond donors (Lipinski definition) is 4. The van der Waals surface area contributed by atoms with Gasteiger partial charge in [0.25, 0.3) is 5.91 Å². The largest absolute Gasteiger partial charge is 0.493 e. The molecule has 0 atom stereocenters. The molecule has 0 aliphatic heterocycles. The maximum atomic E-state index is 14.2. The van der Waals surface area contributed by atoms with Crippen LogP contribution in [0.25, 0.3) is 43.1 Å². The molecule has 0 heterocycles. The van der Waals surface area contributed by atoms with Gasteiger partial charge in [-0.05, 0) is 107 Å². The Morgan fingerprint density at radius 1 is 0.500 bits per heavy atom. The number of fused-ring (bicyclic) bond motifs is 2. The first-order valence-electron chi connectivity index (χ1n) is 15.4. The number of hydrogen-bond acceptors (Lipinski definition) is 4. The molecule has 0 saturated carbocycles. The van der Waals surface area contributed by atoms with E-state index in [1.165, 1.54) is 12.1 Å². The fourth-order valence-corrected chi connectivity index (χ4v) is 6.96. The fraction of sp³-hybridized carbons (Fsp3) is 0.100. The van der Waals surface area contributed by atoms with Gasteiger partial charge in [-0.2, -0.15) is 0 Å². The summed E-state index contributed by atoms with van der Waals surface area (Å²) in [5.41, 5.74) is 5.27. The number of carboxylic acid groups (broad SMARTS) is 2. The van der Waals surface area contributed by atoms with Crippen molar-refractivity contribution in [2.45, 2.75) is 27.7 Å². The Morgan fingerprint density at radius 2 is 0.896 bits per heavy atom. The topological polar surface area (TPSA) is 136 Å². The third-order valence-corrected chi connectivity index (χ3v) is 9.22. The number of aliphatic hydroxyl groups is 1. The lowest BCUT2D eigenvalue weighted by atomic mass is 9.84. The highest BCUT2D eigenvalue weighted by Crippen LogP contribution is 2.44. The van der Waals surface area contributed by atoms with Crippen molar-refractivity contribution in [1.29, 1.82) is 0 Å². The zero-order chi connectivity index (χ0) is 34.0. The summed E-state index contributed by atoms with van der Waals surface area (Å²) in [6.45, 7) is 7.66. The Labute approximate surface area is 274 Å². The van der Waals surface area contributed by atoms with Gasteiger partial charge in [0, 0.05) is 27.6 Å². The number of aryl methyl sites for hydroxylation is 4. The summed E-state index contributed by atoms with van der Waals surface area (Å²) in [7, 11) is 0. The zero-order valence-electron chi connectivity index (χ0n) is 26.6. The molecule has 7 rings (SSSR count). The fourth-order valence-electron chi connectivity index (χ4n) is 6.96. The summed E-state index contributed by atoms with van der Waals surface area (Å²) in [6, 6.07) is 24.7. The Hall–Kier alpha value is -6.28. The minimum absolute atomic E-state index is 0.118. The van der Waals surface area contributed by atoms with Gasteiger partial charge in [-0.15, -0.1) is 0 Å². The minimum Gasteiger partial charge on any atom is -0.493 e. The number of amides is 1. The van der Waals surface area contributed by atoms with E-state index in [9.17, 15) is 29.7 Å². The molecule has 0 spiro atoms. The Kier molecular flexibility index (Phi) is 7.09. The summed E-state index contributed by atoms with van der Waals surface area (Å²) in [5.74, 6) is -3.12. The smallest absolute Gasteiger partial charge is 0.336 e. The van der Waals surface area contributed by atoms with Crippen molar-refractivity contribution in [3.05, 3.63) is 129 Å². The van der Waals surface area contributed by atoms with Crippen molar-refractivity contribution in [3.63, 3.8) is 0 Å². The lowest BCUT2D eigenvalue weighted by molar-refractivity contribution is 0.0695. The number of aliphatic imine (C=N–C) groups is 1. The molecule has 8 nitrogen and oxygen atoms in total. The van der Waals surface area contributed by atoms with Crippen molar-refractivity contribution in [2.75, 3.05) is 5.32 Å². The van der Waals surface area contributed by atoms with E-state index in [4.69, 9.17) is 0 Å². The molecule has 0 unspecified atom stereocenters. The summed E-state index contributed by atoms with van der Waals surface area (Å²) >= 11 is 0. The quantitative estimate of drug-likeness (QED) is 0.0623. The van der Waals surface area contributed by atoms with Gasteiger partial charge in [0.1, 0.15) is 0 Å². The summed E-state index contributed by atoms with van der Waals surface area (Å²) in [5, 5.41) is 39.2. The van der Waals surface area contributed by atoms with Crippen LogP contribution in [-0.2, 0) is 0 Å². The van der Waals surface area contributed by atoms with Crippen molar-refractivity contribution in [3.8, 4) is 0 Å². The molecule has 236 valence electrons. The molecule has 0 bridgehead atoms. The van der Waals surface area contributed by atoms with E-state index in [0.29, 0.717) is 60.2 Å². The predicted octanol–water partition coefficient (Wildman–Crippen LogP) is 9.26. The van der Waals surface area contributed by atoms with Crippen LogP contribution in [0.4, 0.5) is 11.4 Å². The lowest BCUT2D eigenvalue weighted by Crippen LogP contribution is -2.16. The average Bonchev–Trinajstić information content (AvgIpc) is 3.05. The van der Waals surface area contributed by atoms with Gasteiger partial charge in [-0.1, -0.05) is 60.7 Å². The SMILES string of the molecule is Cc1cccc(C)c1N=C(O)c1ccc2c3ccc(C(=O)O)c4c(C(=O)O)ccc(c5ccc(C(=O)Nc6c(C)cccc6C)c1c52)c43. The third-order valence-electron chi connectivity index (χ3n) is 9.22. The van der Waals surface area contributed by atoms with Crippen molar-refractivity contribution >= 4 is 78.2 Å². The minimum atomic E-state index is -1.24. The maximum absolute atomic E-state index is 14.2. The number of aliphatic hydroxyl groups excluding tert-OH is 1. The van der Waals surface area contributed by atoms with Crippen molar-refractivity contribution < 1.29 is 29.7 Å². The highest BCUT2D eigenvalue weighted by Gasteiger charge is 2.26. The molecule has 0 saturated heterocycles. The monoisotopic (exact) mass is 634 g/mol. The Balaban J connectivity index is 1.61. The van der Waals surface area contributed by atoms with E-state index in [2.05, 4.69) is 10.3 Å². The van der Waals surface area contributed by atoms with Crippen LogP contribution in [0, 0.1) is 27.7 Å². The highest BCUT2D eigenvalue weighted by atomic mass is 16.4. The molecule has 8 heteroatoms. The summed E-state index contributed by atoms with van der Waals surface area (Å²) < 4.78 is 0. The molecule has 7 aromatic carbocycles. The molecule has 0 aliphatic rings. The van der Waals surface area contributed by atoms with Gasteiger partial charge in [-0.25, -0.2) is 14.6 Å². The molecular formula is C40H30N2O6. The number of carboxylic acids is 2. The van der Waals surface area contributed by atoms with Crippen LogP contribution >= 0.6 is 0 Å². The van der Waals surface area contributed by atoms with Crippen LogP contribution in [0.2, 0.25) is 0 Å². The second-order valence-corrected chi connectivity index (χ2v) is 12.1. The van der Waals surface area contributed by atoms with E-state index in [-0.39, 0.29) is 28.3 Å². The standard InChI is InChI=1S/C40H30N2O6/c1-19-7-5-8-20(2)35(19)41-37(43)27-15-11-23-25-13-17-29(39(45)46)34-30(40(47)48)18-14-26(32(25)34)24-12-16-28(33(27)31(23)24)38(44)42-36-21(3)9-6-10-22(36)4/h5-18H,1-4H3,(H,41,43)(H,42,44)(H,45,46)(H,47,48). The lowest BCUT2D eigenvalue weighted by Gasteiger charge is -2.20. The van der Waals surface area contributed by atoms with Crippen molar-refractivity contribution in [1.82, 2.24) is 0 Å². The van der Waals surface area contributed by atoms with Crippen LogP contribution in [0.1, 0.15) is 58.9 Å². The van der Waals surface area contributed by atoms with Crippen molar-refractivity contribution in [2.24, 2.45) is 4.99 Å². The molecule has 0 fully saturated rings. The third kappa shape index (κ3) is 4.60. The average molecular weight is 635 g/mol. The number of aromatic carboxylic acids is 2. The number of nitrogens with one attached hydrogen (secondary N) is 1. The van der Waals surface area contributed by atoms with Gasteiger partial charge in [0.05, 0.1) is 16.8 Å². The number of anilines is 1. The van der Waals surface area contributed by atoms with Gasteiger partial charge in [-0.3, -0.25) is 4.79 Å². The molecule has 0 radical (unpaired) electrons. The normalized spacial score (nSPS) is 12.0. The van der Waals surface area contributed by atoms with Gasteiger partial charge in [0.15, 0.2) is 0 Å². The number of benzene rings is 7. The number of carbonyl (C=O) groups excluding carboxylic acids is 1. The van der Waals surface area contributed by atoms with Crippen LogP contribution in [0.15, 0.2) is 89.9 Å². The number of rotatable bonds is 6. The second-order valence-electron chi connectivity index (χ2n) is 12.1. The van der Waals surface area contributed by atoms with Crippen LogP contribution in [0.3, 0.4) is 0 Å². The summed E-state index contributed by atoms with van der Waals surface area (Å²) in [6.07, 6.45) is 0. The van der Waals surface area contributed by atoms with E-state index < -0.39 is 11.9 Å². The first-order valence-corrected chi connectivity index (χ1v) is 15.4. The summed E-state index contributed by atoms with van der Waals surface area (Å²) in [4.78, 5) is 43.5. The predicted molar refractivity (Wildman–Crippen MR) is 190 cm³/mol. The number of nitrogens with zero attached hydrogens (tertiary/aromatic N) is 1. The molecule has 48 heavy (non-hydrogen) atoms. The van der Waals surface area contributed by atoms with Gasteiger partial charge >= 0.3 is 11.9 Å². The molecule has 0 aliphatic carbocycles. The van der Waals surface area contributed by atoms with E-state index in [1.54, 1.807) is 36.4 Å². The molecule has 1 amide bonds. The highest BCUT2D eigenvalue weighted by molar-refractivity contribution is 6.38. The molecular weight excluding hydrogens is 604 g/mol. The zero-order valence-corrected chi connectivity index (χ0v) is 26.6. The van der Waals surface area contributed by atoms with Gasteiger partial charge < -0.3 is 20.6 Å². The molecule has 4 N–H and O–H groups in total. The molecule has 0 aromatic heterocycles. The van der Waals surface area contributed by atoms with E-state index >= 15 is 0 Å². The number of carbonyl (C=O) groups is 3. The van der Waals surface area contributed by atoms with Crippen LogP contribution in [0.5, 0.6) is 0 Å². The first-order chi connectivity index (χ1) is 23.0. The second kappa shape index (κ2) is 11.2. The first kappa shape index (κ1) is 30.4. The molecule has 7 aromatic rings. The maximum Gasteiger partial charge on any atom is 0.336 e. The number of para-hydroxylation sites is 2. The van der Waals surface area contributed by atoms with Gasteiger partial charge in [0.2, 0.25) is 5.90 Å². The van der Waals surface area contributed by atoms with E-state index in [1.807, 2.05) is 64.1 Å². The van der Waals surface area contributed by atoms with E-state index in [0.717, 1.165) is 22.3 Å².